The third-order valence-electron chi connectivity index (χ3n) is 7.32. The molecule has 188 valence electrons. The third-order valence-corrected chi connectivity index (χ3v) is 7.32. The molecule has 1 aliphatic carbocycles. The molecule has 3 aromatic rings. The number of aromatic nitrogens is 2. The standard InChI is InChI=1S/C29H32FN3O3/c1-4-36-29(35)25-17-31-33(27(25)20-14-15-20)22-11-6-10-21(16-22)23-12-7-13-24(26(23)30)28(34)32-18(2)8-5-9-19(32)3/h6-7,10-13,16-20H,4-5,8-9,14-15H2,1-3H3. The zero-order chi connectivity index (χ0) is 25.4. The van der Waals surface area contributed by atoms with Crippen molar-refractivity contribution in [2.24, 2.45) is 0 Å². The molecular formula is C29H32FN3O3. The van der Waals surface area contributed by atoms with Gasteiger partial charge >= 0.3 is 5.97 Å². The number of nitrogens with zero attached hydrogens (tertiary/aromatic N) is 3. The van der Waals surface area contributed by atoms with Gasteiger partial charge in [-0.2, -0.15) is 5.10 Å². The fourth-order valence-corrected chi connectivity index (χ4v) is 5.37. The average molecular weight is 490 g/mol. The summed E-state index contributed by atoms with van der Waals surface area (Å²) in [6.45, 7) is 6.14. The maximum atomic E-state index is 15.8. The summed E-state index contributed by atoms with van der Waals surface area (Å²) in [5.41, 5.74) is 3.16. The number of carbonyl (C=O) groups is 2. The summed E-state index contributed by atoms with van der Waals surface area (Å²) >= 11 is 0. The van der Waals surface area contributed by atoms with Crippen LogP contribution in [0.1, 0.15) is 85.2 Å². The zero-order valence-corrected chi connectivity index (χ0v) is 21.0. The molecule has 36 heavy (non-hydrogen) atoms. The van der Waals surface area contributed by atoms with Crippen molar-refractivity contribution in [2.75, 3.05) is 6.61 Å². The monoisotopic (exact) mass is 489 g/mol. The fourth-order valence-electron chi connectivity index (χ4n) is 5.37. The van der Waals surface area contributed by atoms with Crippen molar-refractivity contribution in [3.8, 4) is 16.8 Å². The molecule has 0 spiro atoms. The van der Waals surface area contributed by atoms with Crippen LogP contribution in [-0.2, 0) is 4.74 Å². The maximum Gasteiger partial charge on any atom is 0.341 e. The van der Waals surface area contributed by atoms with Crippen LogP contribution < -0.4 is 0 Å². The van der Waals surface area contributed by atoms with Crippen LogP contribution in [0.3, 0.4) is 0 Å². The van der Waals surface area contributed by atoms with Crippen LogP contribution in [0, 0.1) is 5.82 Å². The summed E-state index contributed by atoms with van der Waals surface area (Å²) in [5, 5.41) is 4.49. The Morgan fingerprint density at radius 2 is 1.75 bits per heavy atom. The molecule has 7 heteroatoms. The van der Waals surface area contributed by atoms with Crippen LogP contribution in [0.5, 0.6) is 0 Å². The minimum absolute atomic E-state index is 0.0851. The van der Waals surface area contributed by atoms with E-state index in [4.69, 9.17) is 4.74 Å². The van der Waals surface area contributed by atoms with Crippen molar-refractivity contribution in [3.63, 3.8) is 0 Å². The smallest absolute Gasteiger partial charge is 0.341 e. The van der Waals surface area contributed by atoms with Crippen molar-refractivity contribution in [2.45, 2.75) is 70.9 Å². The van der Waals surface area contributed by atoms with Gasteiger partial charge in [0.1, 0.15) is 11.4 Å². The second kappa shape index (κ2) is 9.88. The molecular weight excluding hydrogens is 457 g/mol. The molecule has 6 nitrogen and oxygen atoms in total. The van der Waals surface area contributed by atoms with E-state index in [0.29, 0.717) is 23.3 Å². The number of ether oxygens (including phenoxy) is 1. The Morgan fingerprint density at radius 3 is 2.44 bits per heavy atom. The van der Waals surface area contributed by atoms with E-state index in [1.807, 2.05) is 43.0 Å². The number of rotatable bonds is 6. The topological polar surface area (TPSA) is 64.4 Å². The minimum atomic E-state index is -0.514. The largest absolute Gasteiger partial charge is 0.462 e. The molecule has 2 heterocycles. The van der Waals surface area contributed by atoms with Gasteiger partial charge < -0.3 is 9.64 Å². The van der Waals surface area contributed by atoms with Gasteiger partial charge in [0.25, 0.3) is 5.91 Å². The maximum absolute atomic E-state index is 15.8. The van der Waals surface area contributed by atoms with Crippen molar-refractivity contribution in [1.29, 1.82) is 0 Å². The first-order chi connectivity index (χ1) is 17.4. The van der Waals surface area contributed by atoms with Gasteiger partial charge in [-0.1, -0.05) is 24.3 Å². The van der Waals surface area contributed by atoms with Gasteiger partial charge in [-0.15, -0.1) is 0 Å². The molecule has 1 amide bonds. The second-order valence-electron chi connectivity index (χ2n) is 9.91. The highest BCUT2D eigenvalue weighted by Crippen LogP contribution is 2.43. The molecule has 2 atom stereocenters. The zero-order valence-electron chi connectivity index (χ0n) is 21.0. The number of benzene rings is 2. The van der Waals surface area contributed by atoms with E-state index in [0.717, 1.165) is 43.5 Å². The number of carbonyl (C=O) groups excluding carboxylic acids is 2. The van der Waals surface area contributed by atoms with Gasteiger partial charge in [0.2, 0.25) is 0 Å². The molecule has 0 N–H and O–H groups in total. The lowest BCUT2D eigenvalue weighted by molar-refractivity contribution is 0.0502. The van der Waals surface area contributed by atoms with Crippen molar-refractivity contribution >= 4 is 11.9 Å². The van der Waals surface area contributed by atoms with Crippen LogP contribution in [0.4, 0.5) is 4.39 Å². The lowest BCUT2D eigenvalue weighted by Gasteiger charge is -2.39. The first kappa shape index (κ1) is 24.2. The van der Waals surface area contributed by atoms with E-state index in [1.165, 1.54) is 0 Å². The summed E-state index contributed by atoms with van der Waals surface area (Å²) in [6.07, 6.45) is 6.48. The highest BCUT2D eigenvalue weighted by Gasteiger charge is 2.34. The van der Waals surface area contributed by atoms with Crippen LogP contribution in [0.15, 0.2) is 48.7 Å². The molecule has 0 radical (unpaired) electrons. The summed E-state index contributed by atoms with van der Waals surface area (Å²) in [7, 11) is 0. The number of likely N-dealkylation sites (tertiary alicyclic amines) is 1. The Labute approximate surface area is 211 Å². The van der Waals surface area contributed by atoms with Crippen LogP contribution in [0.25, 0.3) is 16.8 Å². The second-order valence-corrected chi connectivity index (χ2v) is 9.91. The Hall–Kier alpha value is -3.48. The lowest BCUT2D eigenvalue weighted by atomic mass is 9.95. The Morgan fingerprint density at radius 1 is 1.03 bits per heavy atom. The van der Waals surface area contributed by atoms with Crippen LogP contribution >= 0.6 is 0 Å². The molecule has 2 aliphatic rings. The summed E-state index contributed by atoms with van der Waals surface area (Å²) in [5.74, 6) is -0.894. The highest BCUT2D eigenvalue weighted by atomic mass is 19.1. The van der Waals surface area contributed by atoms with Crippen molar-refractivity contribution < 1.29 is 18.7 Å². The molecule has 1 saturated carbocycles. The van der Waals surface area contributed by atoms with E-state index in [2.05, 4.69) is 5.10 Å². The predicted molar refractivity (Wildman–Crippen MR) is 136 cm³/mol. The van der Waals surface area contributed by atoms with Crippen molar-refractivity contribution in [1.82, 2.24) is 14.7 Å². The van der Waals surface area contributed by atoms with Crippen LogP contribution in [-0.4, -0.2) is 45.2 Å². The molecule has 1 aliphatic heterocycles. The van der Waals surface area contributed by atoms with E-state index in [-0.39, 0.29) is 35.4 Å². The van der Waals surface area contributed by atoms with Gasteiger partial charge in [-0.05, 0) is 76.6 Å². The first-order valence-electron chi connectivity index (χ1n) is 12.9. The van der Waals surface area contributed by atoms with Gasteiger partial charge in [-0.3, -0.25) is 4.79 Å². The fraction of sp³-hybridized carbons (Fsp3) is 0.414. The Kier molecular flexibility index (Phi) is 6.65. The van der Waals surface area contributed by atoms with Gasteiger partial charge in [0, 0.05) is 23.6 Å². The summed E-state index contributed by atoms with van der Waals surface area (Å²) in [6, 6.07) is 12.6. The highest BCUT2D eigenvalue weighted by molar-refractivity contribution is 5.96. The third kappa shape index (κ3) is 4.43. The molecule has 1 saturated heterocycles. The normalized spacial score (nSPS) is 19.8. The quantitative estimate of drug-likeness (QED) is 0.391. The molecule has 0 bridgehead atoms. The van der Waals surface area contributed by atoms with E-state index in [9.17, 15) is 9.59 Å². The minimum Gasteiger partial charge on any atom is -0.462 e. The van der Waals surface area contributed by atoms with Crippen LogP contribution in [0.2, 0.25) is 0 Å². The number of hydrogen-bond acceptors (Lipinski definition) is 4. The number of amides is 1. The number of esters is 1. The average Bonchev–Trinajstić information content (AvgIpc) is 3.61. The lowest BCUT2D eigenvalue weighted by Crippen LogP contribution is -2.47. The Bertz CT molecular complexity index is 1290. The number of hydrogen-bond donors (Lipinski definition) is 0. The number of halogens is 1. The SMILES string of the molecule is CCOC(=O)c1cnn(-c2cccc(-c3cccc(C(=O)N4C(C)CCCC4C)c3F)c2)c1C1CC1. The van der Waals surface area contributed by atoms with Crippen molar-refractivity contribution in [3.05, 3.63) is 71.3 Å². The summed E-state index contributed by atoms with van der Waals surface area (Å²) < 4.78 is 22.8. The van der Waals surface area contributed by atoms with E-state index >= 15 is 4.39 Å². The molecule has 2 unspecified atom stereocenters. The Balaban J connectivity index is 1.51. The predicted octanol–water partition coefficient (Wildman–Crippen LogP) is 6.14. The van der Waals surface area contributed by atoms with E-state index in [1.54, 1.807) is 36.0 Å². The molecule has 1 aromatic heterocycles. The van der Waals surface area contributed by atoms with E-state index < -0.39 is 5.82 Å². The first-order valence-corrected chi connectivity index (χ1v) is 12.9. The number of piperidine rings is 1. The molecule has 2 aromatic carbocycles. The van der Waals surface area contributed by atoms with Gasteiger partial charge in [-0.25, -0.2) is 13.9 Å². The van der Waals surface area contributed by atoms with Gasteiger partial charge in [0.05, 0.1) is 29.7 Å². The molecule has 2 fully saturated rings. The summed E-state index contributed by atoms with van der Waals surface area (Å²) in [4.78, 5) is 27.7. The molecule has 5 rings (SSSR count). The van der Waals surface area contributed by atoms with Gasteiger partial charge in [0.15, 0.2) is 0 Å².